The van der Waals surface area contributed by atoms with Gasteiger partial charge in [-0.05, 0) is 97.9 Å². The van der Waals surface area contributed by atoms with Crippen LogP contribution in [0.25, 0.3) is 0 Å². The molecule has 4 heteroatoms. The molecule has 0 spiro atoms. The standard InChI is InChI=1S/C30H44O4/c1-33-27-19-23-15-11-7-3-5-9-13-17-25-21-28(34-2)22-26(30(25)32)18-14-10-6-4-8-12-16-24(20-27)29(23)31/h19-22,31-32H,3-18H2,1-2H3. The molecule has 0 radical (unpaired) electrons. The molecule has 0 atom stereocenters. The van der Waals surface area contributed by atoms with Crippen LogP contribution in [-0.4, -0.2) is 24.4 Å². The van der Waals surface area contributed by atoms with E-state index < -0.39 is 0 Å². The third kappa shape index (κ3) is 7.85. The van der Waals surface area contributed by atoms with Crippen molar-refractivity contribution in [1.29, 1.82) is 0 Å². The molecule has 1 aliphatic rings. The third-order valence-corrected chi connectivity index (χ3v) is 7.24. The van der Waals surface area contributed by atoms with Crippen LogP contribution in [0.5, 0.6) is 23.0 Å². The Labute approximate surface area is 206 Å². The number of rotatable bonds is 2. The fourth-order valence-corrected chi connectivity index (χ4v) is 5.13. The predicted molar refractivity (Wildman–Crippen MR) is 140 cm³/mol. The molecule has 0 aliphatic heterocycles. The summed E-state index contributed by atoms with van der Waals surface area (Å²) in [5.41, 5.74) is 4.11. The van der Waals surface area contributed by atoms with Crippen molar-refractivity contribution in [3.63, 3.8) is 0 Å². The number of benzene rings is 2. The zero-order valence-corrected chi connectivity index (χ0v) is 21.3. The first-order valence-corrected chi connectivity index (χ1v) is 13.4. The molecule has 34 heavy (non-hydrogen) atoms. The van der Waals surface area contributed by atoms with E-state index in [1.165, 1.54) is 51.4 Å². The molecule has 4 bridgehead atoms. The first-order chi connectivity index (χ1) is 16.6. The summed E-state index contributed by atoms with van der Waals surface area (Å²) in [6.07, 6.45) is 17.4. The molecule has 0 aromatic heterocycles. The molecule has 0 amide bonds. The Balaban J connectivity index is 1.63. The van der Waals surface area contributed by atoms with E-state index in [1.54, 1.807) is 14.2 Å². The third-order valence-electron chi connectivity index (χ3n) is 7.24. The van der Waals surface area contributed by atoms with E-state index in [2.05, 4.69) is 0 Å². The second kappa shape index (κ2) is 14.1. The SMILES string of the molecule is COc1cc2c(O)c(c1)CCCCCCCCc1cc(OC)cc(c1O)CCCCCCCC2. The van der Waals surface area contributed by atoms with E-state index in [0.29, 0.717) is 11.5 Å². The zero-order chi connectivity index (χ0) is 24.2. The number of ether oxygens (including phenoxy) is 2. The fourth-order valence-electron chi connectivity index (χ4n) is 5.13. The van der Waals surface area contributed by atoms with Crippen molar-refractivity contribution >= 4 is 0 Å². The lowest BCUT2D eigenvalue weighted by Crippen LogP contribution is -1.97. The van der Waals surface area contributed by atoms with Crippen LogP contribution >= 0.6 is 0 Å². The van der Waals surface area contributed by atoms with Gasteiger partial charge >= 0.3 is 0 Å². The van der Waals surface area contributed by atoms with Gasteiger partial charge in [-0.3, -0.25) is 0 Å². The maximum absolute atomic E-state index is 10.8. The van der Waals surface area contributed by atoms with Gasteiger partial charge in [-0.2, -0.15) is 0 Å². The number of methoxy groups -OCH3 is 2. The van der Waals surface area contributed by atoms with E-state index in [0.717, 1.165) is 85.1 Å². The maximum atomic E-state index is 10.8. The minimum Gasteiger partial charge on any atom is -0.507 e. The monoisotopic (exact) mass is 468 g/mol. The van der Waals surface area contributed by atoms with Crippen LogP contribution in [0.4, 0.5) is 0 Å². The van der Waals surface area contributed by atoms with E-state index in [1.807, 2.05) is 24.3 Å². The van der Waals surface area contributed by atoms with Gasteiger partial charge in [-0.1, -0.05) is 51.4 Å². The molecule has 188 valence electrons. The maximum Gasteiger partial charge on any atom is 0.122 e. The summed E-state index contributed by atoms with van der Waals surface area (Å²) in [6, 6.07) is 8.02. The van der Waals surface area contributed by atoms with Crippen molar-refractivity contribution < 1.29 is 19.7 Å². The number of aromatic hydroxyl groups is 2. The Morgan fingerprint density at radius 3 is 0.912 bits per heavy atom. The molecule has 0 heterocycles. The lowest BCUT2D eigenvalue weighted by molar-refractivity contribution is 0.407. The van der Waals surface area contributed by atoms with Crippen LogP contribution in [-0.2, 0) is 25.7 Å². The Bertz CT molecular complexity index is 754. The van der Waals surface area contributed by atoms with Gasteiger partial charge in [-0.15, -0.1) is 0 Å². The minimum atomic E-state index is 0.485. The topological polar surface area (TPSA) is 58.9 Å². The van der Waals surface area contributed by atoms with Crippen molar-refractivity contribution in [3.8, 4) is 23.0 Å². The number of hydrogen-bond acceptors (Lipinski definition) is 4. The molecule has 1 aliphatic carbocycles. The van der Waals surface area contributed by atoms with Crippen LogP contribution in [0, 0.1) is 0 Å². The summed E-state index contributed by atoms with van der Waals surface area (Å²) in [4.78, 5) is 0. The quantitative estimate of drug-likeness (QED) is 0.474. The number of phenols is 2. The van der Waals surface area contributed by atoms with Gasteiger partial charge in [-0.25, -0.2) is 0 Å². The predicted octanol–water partition coefficient (Wildman–Crippen LogP) is 7.68. The van der Waals surface area contributed by atoms with Crippen molar-refractivity contribution in [3.05, 3.63) is 46.5 Å². The molecule has 0 fully saturated rings. The molecule has 0 saturated heterocycles. The van der Waals surface area contributed by atoms with Crippen LogP contribution in [0.2, 0.25) is 0 Å². The number of hydrogen-bond donors (Lipinski definition) is 2. The van der Waals surface area contributed by atoms with Gasteiger partial charge in [0.2, 0.25) is 0 Å². The van der Waals surface area contributed by atoms with Crippen molar-refractivity contribution in [2.75, 3.05) is 14.2 Å². The highest BCUT2D eigenvalue weighted by atomic mass is 16.5. The summed E-state index contributed by atoms with van der Waals surface area (Å²) < 4.78 is 11.0. The molecule has 2 aromatic rings. The molecule has 2 aromatic carbocycles. The average Bonchev–Trinajstić information content (AvgIpc) is 2.85. The molecule has 3 rings (SSSR count). The van der Waals surface area contributed by atoms with Crippen LogP contribution < -0.4 is 9.47 Å². The summed E-state index contributed by atoms with van der Waals surface area (Å²) in [5, 5.41) is 21.7. The van der Waals surface area contributed by atoms with E-state index in [9.17, 15) is 10.2 Å². The van der Waals surface area contributed by atoms with Crippen molar-refractivity contribution in [2.45, 2.75) is 103 Å². The summed E-state index contributed by atoms with van der Waals surface area (Å²) in [6.45, 7) is 0. The van der Waals surface area contributed by atoms with E-state index in [-0.39, 0.29) is 0 Å². The molecule has 4 nitrogen and oxygen atoms in total. The van der Waals surface area contributed by atoms with Gasteiger partial charge < -0.3 is 19.7 Å². The largest absolute Gasteiger partial charge is 0.507 e. The van der Waals surface area contributed by atoms with Gasteiger partial charge in [0.05, 0.1) is 14.2 Å². The van der Waals surface area contributed by atoms with E-state index >= 15 is 0 Å². The van der Waals surface area contributed by atoms with Crippen LogP contribution in [0.1, 0.15) is 99.3 Å². The average molecular weight is 469 g/mol. The first-order valence-electron chi connectivity index (χ1n) is 13.4. The van der Waals surface area contributed by atoms with Crippen LogP contribution in [0.3, 0.4) is 0 Å². The highest BCUT2D eigenvalue weighted by molar-refractivity contribution is 5.47. The smallest absolute Gasteiger partial charge is 0.122 e. The Morgan fingerprint density at radius 2 is 0.676 bits per heavy atom. The van der Waals surface area contributed by atoms with Crippen molar-refractivity contribution in [1.82, 2.24) is 0 Å². The fraction of sp³-hybridized carbons (Fsp3) is 0.600. The molecular weight excluding hydrogens is 424 g/mol. The Morgan fingerprint density at radius 1 is 0.441 bits per heavy atom. The number of phenolic OH excluding ortho intramolecular Hbond substituents is 2. The zero-order valence-electron chi connectivity index (χ0n) is 21.3. The van der Waals surface area contributed by atoms with Gasteiger partial charge in [0.25, 0.3) is 0 Å². The summed E-state index contributed by atoms with van der Waals surface area (Å²) in [5.74, 6) is 2.69. The number of aryl methyl sites for hydroxylation is 4. The van der Waals surface area contributed by atoms with Crippen LogP contribution in [0.15, 0.2) is 24.3 Å². The summed E-state index contributed by atoms with van der Waals surface area (Å²) in [7, 11) is 3.42. The molecule has 0 unspecified atom stereocenters. The van der Waals surface area contributed by atoms with Gasteiger partial charge in [0.1, 0.15) is 23.0 Å². The number of fused-ring (bicyclic) bond motifs is 4. The molecular formula is C30H44O4. The normalized spacial score (nSPS) is 17.2. The Kier molecular flexibility index (Phi) is 10.9. The van der Waals surface area contributed by atoms with Gasteiger partial charge in [0, 0.05) is 0 Å². The molecule has 2 N–H and O–H groups in total. The highest BCUT2D eigenvalue weighted by Crippen LogP contribution is 2.33. The molecule has 0 saturated carbocycles. The van der Waals surface area contributed by atoms with Gasteiger partial charge in [0.15, 0.2) is 0 Å². The van der Waals surface area contributed by atoms with E-state index in [4.69, 9.17) is 9.47 Å². The van der Waals surface area contributed by atoms with Crippen molar-refractivity contribution in [2.24, 2.45) is 0 Å². The minimum absolute atomic E-state index is 0.485. The second-order valence-electron chi connectivity index (χ2n) is 9.83. The summed E-state index contributed by atoms with van der Waals surface area (Å²) >= 11 is 0. The second-order valence-corrected chi connectivity index (χ2v) is 9.83. The lowest BCUT2D eigenvalue weighted by atomic mass is 9.96. The lowest BCUT2D eigenvalue weighted by Gasteiger charge is -2.14. The first kappa shape index (κ1) is 26.2. The Hall–Kier alpha value is -2.36. The highest BCUT2D eigenvalue weighted by Gasteiger charge is 2.12.